The lowest BCUT2D eigenvalue weighted by Gasteiger charge is -2.14. The van der Waals surface area contributed by atoms with E-state index in [4.69, 9.17) is 5.73 Å². The first kappa shape index (κ1) is 8.49. The lowest BCUT2D eigenvalue weighted by Crippen LogP contribution is -2.43. The van der Waals surface area contributed by atoms with Crippen molar-refractivity contribution in [2.24, 2.45) is 11.7 Å². The van der Waals surface area contributed by atoms with Crippen LogP contribution in [0.2, 0.25) is 0 Å². The van der Waals surface area contributed by atoms with Crippen LogP contribution in [0.1, 0.15) is 6.42 Å². The molecule has 1 heterocycles. The second-order valence-electron chi connectivity index (χ2n) is 2.94. The Balaban J connectivity index is 2.44. The van der Waals surface area contributed by atoms with Gasteiger partial charge in [-0.1, -0.05) is 0 Å². The summed E-state index contributed by atoms with van der Waals surface area (Å²) in [7, 11) is 1.89. The van der Waals surface area contributed by atoms with E-state index >= 15 is 0 Å². The van der Waals surface area contributed by atoms with Crippen LogP contribution in [0.15, 0.2) is 0 Å². The van der Waals surface area contributed by atoms with Crippen LogP contribution in [0, 0.1) is 5.92 Å². The zero-order valence-corrected chi connectivity index (χ0v) is 6.76. The highest BCUT2D eigenvalue weighted by atomic mass is 16.1. The molecule has 0 bridgehead atoms. The molecule has 1 amide bonds. The van der Waals surface area contributed by atoms with Crippen molar-refractivity contribution in [3.8, 4) is 0 Å². The molecular formula is C7H15N3O. The molecule has 0 aromatic heterocycles. The SMILES string of the molecule is CNC[C@@H]1CCN[C@@H]1C(N)=O. The average Bonchev–Trinajstić information content (AvgIpc) is 2.36. The summed E-state index contributed by atoms with van der Waals surface area (Å²) in [5.74, 6) is 0.139. The molecule has 4 heteroatoms. The molecule has 0 radical (unpaired) electrons. The Morgan fingerprint density at radius 3 is 3.09 bits per heavy atom. The van der Waals surface area contributed by atoms with E-state index in [0.717, 1.165) is 19.5 Å². The quantitative estimate of drug-likeness (QED) is 0.475. The van der Waals surface area contributed by atoms with Gasteiger partial charge in [0.25, 0.3) is 0 Å². The molecule has 4 nitrogen and oxygen atoms in total. The van der Waals surface area contributed by atoms with Gasteiger partial charge in [-0.25, -0.2) is 0 Å². The van der Waals surface area contributed by atoms with E-state index in [1.54, 1.807) is 0 Å². The molecule has 64 valence electrons. The zero-order valence-electron chi connectivity index (χ0n) is 6.76. The standard InChI is InChI=1S/C7H15N3O/c1-9-4-5-2-3-10-6(5)7(8)11/h5-6,9-10H,2-4H2,1H3,(H2,8,11)/t5-,6-/m0/s1. The maximum atomic E-state index is 10.8. The Hall–Kier alpha value is -0.610. The van der Waals surface area contributed by atoms with Gasteiger partial charge in [0.1, 0.15) is 0 Å². The van der Waals surface area contributed by atoms with E-state index in [1.165, 1.54) is 0 Å². The molecule has 2 atom stereocenters. The number of hydrogen-bond donors (Lipinski definition) is 3. The van der Waals surface area contributed by atoms with E-state index in [2.05, 4.69) is 10.6 Å². The summed E-state index contributed by atoms with van der Waals surface area (Å²) >= 11 is 0. The third-order valence-electron chi connectivity index (χ3n) is 2.12. The molecular weight excluding hydrogens is 142 g/mol. The topological polar surface area (TPSA) is 67.2 Å². The molecule has 1 rings (SSSR count). The van der Waals surface area contributed by atoms with E-state index in [1.807, 2.05) is 7.05 Å². The van der Waals surface area contributed by atoms with Gasteiger partial charge in [0, 0.05) is 0 Å². The molecule has 4 N–H and O–H groups in total. The van der Waals surface area contributed by atoms with Gasteiger partial charge in [-0.3, -0.25) is 4.79 Å². The predicted molar refractivity (Wildman–Crippen MR) is 43.0 cm³/mol. The van der Waals surface area contributed by atoms with Gasteiger partial charge < -0.3 is 16.4 Å². The van der Waals surface area contributed by atoms with Crippen molar-refractivity contribution in [3.05, 3.63) is 0 Å². The van der Waals surface area contributed by atoms with Gasteiger partial charge in [0.05, 0.1) is 6.04 Å². The maximum Gasteiger partial charge on any atom is 0.234 e. The Bertz CT molecular complexity index is 149. The Morgan fingerprint density at radius 2 is 2.55 bits per heavy atom. The molecule has 1 aliphatic rings. The summed E-state index contributed by atoms with van der Waals surface area (Å²) in [4.78, 5) is 10.8. The average molecular weight is 157 g/mol. The van der Waals surface area contributed by atoms with Crippen LogP contribution in [0.25, 0.3) is 0 Å². The van der Waals surface area contributed by atoms with Gasteiger partial charge >= 0.3 is 0 Å². The number of nitrogens with one attached hydrogen (secondary N) is 2. The van der Waals surface area contributed by atoms with E-state index in [0.29, 0.717) is 5.92 Å². The Labute approximate surface area is 66.5 Å². The highest BCUT2D eigenvalue weighted by Crippen LogP contribution is 2.13. The maximum absolute atomic E-state index is 10.8. The van der Waals surface area contributed by atoms with Gasteiger partial charge in [-0.05, 0) is 32.5 Å². The normalized spacial score (nSPS) is 30.6. The first-order valence-corrected chi connectivity index (χ1v) is 3.93. The number of amides is 1. The Kier molecular flexibility index (Phi) is 2.84. The number of rotatable bonds is 3. The van der Waals surface area contributed by atoms with Gasteiger partial charge in [-0.15, -0.1) is 0 Å². The second kappa shape index (κ2) is 3.69. The van der Waals surface area contributed by atoms with E-state index in [-0.39, 0.29) is 11.9 Å². The van der Waals surface area contributed by atoms with Crippen molar-refractivity contribution in [2.75, 3.05) is 20.1 Å². The van der Waals surface area contributed by atoms with Crippen LogP contribution < -0.4 is 16.4 Å². The lowest BCUT2D eigenvalue weighted by molar-refractivity contribution is -0.120. The summed E-state index contributed by atoms with van der Waals surface area (Å²) in [5, 5.41) is 6.12. The van der Waals surface area contributed by atoms with Crippen LogP contribution in [0.5, 0.6) is 0 Å². The number of carbonyl (C=O) groups excluding carboxylic acids is 1. The molecule has 11 heavy (non-hydrogen) atoms. The van der Waals surface area contributed by atoms with Crippen molar-refractivity contribution >= 4 is 5.91 Å². The smallest absolute Gasteiger partial charge is 0.234 e. The summed E-state index contributed by atoms with van der Waals surface area (Å²) < 4.78 is 0. The van der Waals surface area contributed by atoms with Crippen molar-refractivity contribution in [1.29, 1.82) is 0 Å². The van der Waals surface area contributed by atoms with Crippen molar-refractivity contribution in [2.45, 2.75) is 12.5 Å². The van der Waals surface area contributed by atoms with Gasteiger partial charge in [-0.2, -0.15) is 0 Å². The summed E-state index contributed by atoms with van der Waals surface area (Å²) in [5.41, 5.74) is 5.19. The highest BCUT2D eigenvalue weighted by molar-refractivity contribution is 5.80. The minimum Gasteiger partial charge on any atom is -0.368 e. The third kappa shape index (κ3) is 1.91. The minimum absolute atomic E-state index is 0.123. The largest absolute Gasteiger partial charge is 0.368 e. The first-order chi connectivity index (χ1) is 5.25. The fourth-order valence-electron chi connectivity index (χ4n) is 1.57. The number of nitrogens with two attached hydrogens (primary N) is 1. The van der Waals surface area contributed by atoms with Crippen LogP contribution in [-0.2, 0) is 4.79 Å². The predicted octanol–water partition coefficient (Wildman–Crippen LogP) is -1.33. The molecule has 1 fully saturated rings. The second-order valence-corrected chi connectivity index (χ2v) is 2.94. The lowest BCUT2D eigenvalue weighted by atomic mass is 10.0. The summed E-state index contributed by atoms with van der Waals surface area (Å²) in [6.45, 7) is 1.76. The van der Waals surface area contributed by atoms with Gasteiger partial charge in [0.15, 0.2) is 0 Å². The monoisotopic (exact) mass is 157 g/mol. The minimum atomic E-state index is -0.234. The molecule has 0 saturated carbocycles. The molecule has 0 aliphatic carbocycles. The molecule has 0 aromatic carbocycles. The third-order valence-corrected chi connectivity index (χ3v) is 2.12. The summed E-state index contributed by atoms with van der Waals surface area (Å²) in [6.07, 6.45) is 1.04. The van der Waals surface area contributed by atoms with Crippen LogP contribution in [0.3, 0.4) is 0 Å². The number of carbonyl (C=O) groups is 1. The fraction of sp³-hybridized carbons (Fsp3) is 0.857. The number of hydrogen-bond acceptors (Lipinski definition) is 3. The van der Waals surface area contributed by atoms with E-state index in [9.17, 15) is 4.79 Å². The van der Waals surface area contributed by atoms with Crippen molar-refractivity contribution in [3.63, 3.8) is 0 Å². The fourth-order valence-corrected chi connectivity index (χ4v) is 1.57. The molecule has 1 saturated heterocycles. The number of primary amides is 1. The summed E-state index contributed by atoms with van der Waals surface area (Å²) in [6, 6.07) is -0.123. The van der Waals surface area contributed by atoms with Crippen LogP contribution >= 0.6 is 0 Å². The van der Waals surface area contributed by atoms with Gasteiger partial charge in [0.2, 0.25) is 5.91 Å². The van der Waals surface area contributed by atoms with Crippen LogP contribution in [0.4, 0.5) is 0 Å². The molecule has 0 unspecified atom stereocenters. The van der Waals surface area contributed by atoms with E-state index < -0.39 is 0 Å². The molecule has 0 aromatic rings. The zero-order chi connectivity index (χ0) is 8.27. The molecule has 0 spiro atoms. The van der Waals surface area contributed by atoms with Crippen LogP contribution in [-0.4, -0.2) is 32.1 Å². The highest BCUT2D eigenvalue weighted by Gasteiger charge is 2.29. The first-order valence-electron chi connectivity index (χ1n) is 3.93. The van der Waals surface area contributed by atoms with Crippen molar-refractivity contribution in [1.82, 2.24) is 10.6 Å². The Morgan fingerprint density at radius 1 is 1.82 bits per heavy atom. The molecule has 1 aliphatic heterocycles. The van der Waals surface area contributed by atoms with Crippen molar-refractivity contribution < 1.29 is 4.79 Å².